The molecule has 2 N–H and O–H groups in total. The van der Waals surface area contributed by atoms with Crippen molar-refractivity contribution < 1.29 is 4.79 Å². The highest BCUT2D eigenvalue weighted by atomic mass is 35.5. The molecule has 0 fully saturated rings. The van der Waals surface area contributed by atoms with Gasteiger partial charge in [-0.15, -0.1) is 0 Å². The number of anilines is 1. The molecule has 24 heavy (non-hydrogen) atoms. The lowest BCUT2D eigenvalue weighted by Gasteiger charge is -2.11. The Labute approximate surface area is 144 Å². The minimum atomic E-state index is -0.313. The number of aryl methyl sites for hydroxylation is 2. The van der Waals surface area contributed by atoms with Crippen molar-refractivity contribution in [3.63, 3.8) is 0 Å². The highest BCUT2D eigenvalue weighted by molar-refractivity contribution is 6.32. The maximum atomic E-state index is 12.5. The Morgan fingerprint density at radius 1 is 1.33 bits per heavy atom. The van der Waals surface area contributed by atoms with Gasteiger partial charge in [0.1, 0.15) is 0 Å². The molecule has 1 amide bonds. The smallest absolute Gasteiger partial charge is 0.231 e. The Balaban J connectivity index is 1.78. The molecule has 0 aliphatic carbocycles. The highest BCUT2D eigenvalue weighted by Gasteiger charge is 2.21. The van der Waals surface area contributed by atoms with Crippen LogP contribution in [0.3, 0.4) is 0 Å². The van der Waals surface area contributed by atoms with Crippen LogP contribution in [0.1, 0.15) is 29.8 Å². The van der Waals surface area contributed by atoms with Crippen LogP contribution in [0.2, 0.25) is 5.02 Å². The van der Waals surface area contributed by atoms with Crippen LogP contribution >= 0.6 is 11.6 Å². The van der Waals surface area contributed by atoms with E-state index in [2.05, 4.69) is 20.6 Å². The fraction of sp³-hybridized carbons (Fsp3) is 0.235. The zero-order valence-corrected chi connectivity index (χ0v) is 14.4. The number of hydrogen-bond acceptors (Lipinski definition) is 3. The number of nitrogens with zero attached hydrogens (tertiary/aromatic N) is 3. The van der Waals surface area contributed by atoms with Crippen LogP contribution in [0.4, 0.5) is 5.69 Å². The number of halogens is 1. The first-order chi connectivity index (χ1) is 11.5. The van der Waals surface area contributed by atoms with Crippen molar-refractivity contribution in [2.24, 2.45) is 0 Å². The van der Waals surface area contributed by atoms with E-state index in [1.807, 2.05) is 39.0 Å². The average molecular weight is 344 g/mol. The first-order valence-electron chi connectivity index (χ1n) is 7.59. The molecular weight excluding hydrogens is 326 g/mol. The molecule has 2 aromatic heterocycles. The van der Waals surface area contributed by atoms with Gasteiger partial charge in [0.15, 0.2) is 0 Å². The van der Waals surface area contributed by atoms with E-state index in [1.54, 1.807) is 23.1 Å². The van der Waals surface area contributed by atoms with Crippen molar-refractivity contribution in [3.8, 4) is 5.69 Å². The van der Waals surface area contributed by atoms with Gasteiger partial charge in [-0.05, 0) is 32.9 Å². The van der Waals surface area contributed by atoms with Gasteiger partial charge >= 0.3 is 0 Å². The molecule has 0 bridgehead atoms. The maximum absolute atomic E-state index is 12.5. The summed E-state index contributed by atoms with van der Waals surface area (Å²) in [5.41, 5.74) is 4.04. The van der Waals surface area contributed by atoms with Crippen LogP contribution < -0.4 is 5.32 Å². The van der Waals surface area contributed by atoms with E-state index in [0.29, 0.717) is 10.7 Å². The van der Waals surface area contributed by atoms with E-state index >= 15 is 0 Å². The molecule has 0 saturated carbocycles. The molecule has 2 heterocycles. The summed E-state index contributed by atoms with van der Waals surface area (Å²) in [5.74, 6) is -0.422. The lowest BCUT2D eigenvalue weighted by molar-refractivity contribution is -0.117. The van der Waals surface area contributed by atoms with Crippen LogP contribution in [-0.2, 0) is 4.79 Å². The molecule has 0 spiro atoms. The predicted octanol–water partition coefficient (Wildman–Crippen LogP) is 3.61. The fourth-order valence-corrected chi connectivity index (χ4v) is 2.96. The number of benzene rings is 1. The van der Waals surface area contributed by atoms with Crippen LogP contribution in [0.15, 0.2) is 36.7 Å². The van der Waals surface area contributed by atoms with Crippen molar-refractivity contribution in [1.29, 1.82) is 0 Å². The van der Waals surface area contributed by atoms with Crippen molar-refractivity contribution in [2.45, 2.75) is 26.7 Å². The van der Waals surface area contributed by atoms with Crippen LogP contribution in [0, 0.1) is 13.8 Å². The molecule has 6 nitrogen and oxygen atoms in total. The van der Waals surface area contributed by atoms with Crippen molar-refractivity contribution >= 4 is 23.2 Å². The van der Waals surface area contributed by atoms with Gasteiger partial charge in [-0.3, -0.25) is 9.89 Å². The second kappa shape index (κ2) is 6.49. The fourth-order valence-electron chi connectivity index (χ4n) is 2.74. The third-order valence-electron chi connectivity index (χ3n) is 3.96. The van der Waals surface area contributed by atoms with Gasteiger partial charge in [-0.1, -0.05) is 23.7 Å². The number of H-pyrrole nitrogens is 1. The van der Waals surface area contributed by atoms with E-state index in [-0.39, 0.29) is 11.8 Å². The highest BCUT2D eigenvalue weighted by Crippen LogP contribution is 2.24. The van der Waals surface area contributed by atoms with Crippen molar-refractivity contribution in [3.05, 3.63) is 58.6 Å². The molecule has 1 aromatic carbocycles. The topological polar surface area (TPSA) is 75.6 Å². The summed E-state index contributed by atoms with van der Waals surface area (Å²) >= 11 is 6.17. The predicted molar refractivity (Wildman–Crippen MR) is 93.7 cm³/mol. The van der Waals surface area contributed by atoms with Crippen molar-refractivity contribution in [2.75, 3.05) is 5.32 Å². The normalized spacial score (nSPS) is 12.2. The average Bonchev–Trinajstić information content (AvgIpc) is 3.14. The van der Waals surface area contributed by atoms with E-state index in [1.165, 1.54) is 0 Å². The Bertz CT molecular complexity index is 863. The molecule has 0 radical (unpaired) electrons. The molecule has 3 rings (SSSR count). The van der Waals surface area contributed by atoms with Gasteiger partial charge in [0.05, 0.1) is 40.4 Å². The minimum absolute atomic E-state index is 0.110. The maximum Gasteiger partial charge on any atom is 0.231 e. The summed E-state index contributed by atoms with van der Waals surface area (Å²) in [6.45, 7) is 5.66. The lowest BCUT2D eigenvalue weighted by atomic mass is 9.98. The number of para-hydroxylation sites is 1. The third-order valence-corrected chi connectivity index (χ3v) is 4.28. The van der Waals surface area contributed by atoms with E-state index in [4.69, 9.17) is 11.6 Å². The van der Waals surface area contributed by atoms with Gasteiger partial charge < -0.3 is 5.32 Å². The molecule has 0 saturated heterocycles. The Morgan fingerprint density at radius 3 is 2.75 bits per heavy atom. The summed E-state index contributed by atoms with van der Waals surface area (Å²) < 4.78 is 1.64. The number of amides is 1. The zero-order valence-electron chi connectivity index (χ0n) is 13.7. The minimum Gasteiger partial charge on any atom is -0.323 e. The summed E-state index contributed by atoms with van der Waals surface area (Å²) in [4.78, 5) is 12.5. The summed E-state index contributed by atoms with van der Waals surface area (Å²) in [6, 6.07) is 7.40. The molecule has 7 heteroatoms. The molecule has 3 aromatic rings. The second-order valence-electron chi connectivity index (χ2n) is 5.68. The number of carbonyl (C=O) groups excluding carboxylic acids is 1. The largest absolute Gasteiger partial charge is 0.323 e. The molecule has 0 aliphatic rings. The van der Waals surface area contributed by atoms with Crippen LogP contribution in [0.5, 0.6) is 0 Å². The summed E-state index contributed by atoms with van der Waals surface area (Å²) in [6.07, 6.45) is 3.34. The number of carbonyl (C=O) groups is 1. The van der Waals surface area contributed by atoms with Crippen LogP contribution in [-0.4, -0.2) is 25.9 Å². The van der Waals surface area contributed by atoms with Crippen molar-refractivity contribution in [1.82, 2.24) is 20.0 Å². The SMILES string of the molecule is Cc1n[nH]c(C)c1C(C)C(=O)Nc1cnn(-c2ccccc2Cl)c1. The molecule has 124 valence electrons. The molecular formula is C17H18ClN5O. The molecule has 0 aliphatic heterocycles. The third kappa shape index (κ3) is 3.05. The standard InChI is InChI=1S/C17H18ClN5O/c1-10(16-11(2)21-22-12(16)3)17(24)20-13-8-19-23(9-13)15-7-5-4-6-14(15)18/h4-10H,1-3H3,(H,20,24)(H,21,22). The Morgan fingerprint density at radius 2 is 2.08 bits per heavy atom. The van der Waals surface area contributed by atoms with Gasteiger partial charge in [0.2, 0.25) is 5.91 Å². The van der Waals surface area contributed by atoms with Gasteiger partial charge in [-0.2, -0.15) is 10.2 Å². The summed E-state index contributed by atoms with van der Waals surface area (Å²) in [5, 5.41) is 14.8. The monoisotopic (exact) mass is 343 g/mol. The Hall–Kier alpha value is -2.60. The zero-order chi connectivity index (χ0) is 17.3. The Kier molecular flexibility index (Phi) is 4.40. The first-order valence-corrected chi connectivity index (χ1v) is 7.97. The quantitative estimate of drug-likeness (QED) is 0.759. The van der Waals surface area contributed by atoms with E-state index in [0.717, 1.165) is 22.6 Å². The van der Waals surface area contributed by atoms with Crippen LogP contribution in [0.25, 0.3) is 5.69 Å². The number of rotatable bonds is 4. The van der Waals surface area contributed by atoms with Gasteiger partial charge in [0, 0.05) is 11.3 Å². The molecule has 1 unspecified atom stereocenters. The molecule has 1 atom stereocenters. The number of aromatic nitrogens is 4. The second-order valence-corrected chi connectivity index (χ2v) is 6.09. The van der Waals surface area contributed by atoms with Gasteiger partial charge in [0.25, 0.3) is 0 Å². The van der Waals surface area contributed by atoms with E-state index in [9.17, 15) is 4.79 Å². The first kappa shape index (κ1) is 16.3. The number of hydrogen-bond donors (Lipinski definition) is 2. The lowest BCUT2D eigenvalue weighted by Crippen LogP contribution is -2.19. The van der Waals surface area contributed by atoms with E-state index < -0.39 is 0 Å². The number of nitrogens with one attached hydrogen (secondary N) is 2. The number of aromatic amines is 1. The summed E-state index contributed by atoms with van der Waals surface area (Å²) in [7, 11) is 0. The van der Waals surface area contributed by atoms with Gasteiger partial charge in [-0.25, -0.2) is 4.68 Å².